The smallest absolute Gasteiger partial charge is 0.0208 e. The van der Waals surface area contributed by atoms with Crippen molar-refractivity contribution in [2.45, 2.75) is 39.7 Å². The number of benzene rings is 1. The van der Waals surface area contributed by atoms with Gasteiger partial charge in [0.25, 0.3) is 0 Å². The van der Waals surface area contributed by atoms with E-state index in [0.29, 0.717) is 0 Å². The number of hydrogen-bond donors (Lipinski definition) is 1. The van der Waals surface area contributed by atoms with Gasteiger partial charge >= 0.3 is 0 Å². The number of allylic oxidation sites excluding steroid dienone is 2. The maximum atomic E-state index is 3.60. The van der Waals surface area contributed by atoms with Gasteiger partial charge in [-0.1, -0.05) is 35.9 Å². The first-order valence-electron chi connectivity index (χ1n) is 6.67. The largest absolute Gasteiger partial charge is 0.312 e. The fraction of sp³-hybridized carbons (Fsp3) is 0.500. The molecule has 2 rings (SSSR count). The Morgan fingerprint density at radius 2 is 2.12 bits per heavy atom. The van der Waals surface area contributed by atoms with Gasteiger partial charge in [-0.15, -0.1) is 0 Å². The molecule has 0 spiro atoms. The molecule has 0 heterocycles. The zero-order chi connectivity index (χ0) is 12.1. The van der Waals surface area contributed by atoms with E-state index in [9.17, 15) is 0 Å². The van der Waals surface area contributed by atoms with Crippen molar-refractivity contribution in [2.24, 2.45) is 5.92 Å². The second kappa shape index (κ2) is 6.02. The molecule has 0 saturated carbocycles. The summed E-state index contributed by atoms with van der Waals surface area (Å²) in [4.78, 5) is 0. The minimum absolute atomic E-state index is 0.839. The Morgan fingerprint density at radius 3 is 2.82 bits per heavy atom. The van der Waals surface area contributed by atoms with E-state index in [1.54, 1.807) is 0 Å². The fourth-order valence-electron chi connectivity index (χ4n) is 2.50. The zero-order valence-electron chi connectivity index (χ0n) is 11.0. The lowest BCUT2D eigenvalue weighted by Gasteiger charge is -2.18. The first-order chi connectivity index (χ1) is 8.25. The molecule has 0 fully saturated rings. The van der Waals surface area contributed by atoms with Crippen molar-refractivity contribution >= 4 is 0 Å². The van der Waals surface area contributed by atoms with Crippen LogP contribution in [0.3, 0.4) is 0 Å². The van der Waals surface area contributed by atoms with Crippen molar-refractivity contribution in [1.29, 1.82) is 0 Å². The van der Waals surface area contributed by atoms with Crippen molar-refractivity contribution in [3.8, 4) is 0 Å². The van der Waals surface area contributed by atoms with E-state index in [1.807, 2.05) is 0 Å². The minimum Gasteiger partial charge on any atom is -0.312 e. The van der Waals surface area contributed by atoms with Gasteiger partial charge in [-0.2, -0.15) is 0 Å². The van der Waals surface area contributed by atoms with Crippen LogP contribution in [0.1, 0.15) is 36.0 Å². The first kappa shape index (κ1) is 12.4. The van der Waals surface area contributed by atoms with E-state index in [1.165, 1.54) is 36.0 Å². The molecular formula is C16H23N. The summed E-state index contributed by atoms with van der Waals surface area (Å²) in [6.45, 7) is 6.51. The van der Waals surface area contributed by atoms with Gasteiger partial charge in [0, 0.05) is 6.54 Å². The Labute approximate surface area is 105 Å². The summed E-state index contributed by atoms with van der Waals surface area (Å²) in [7, 11) is 0. The first-order valence-corrected chi connectivity index (χ1v) is 6.67. The fourth-order valence-corrected chi connectivity index (χ4v) is 2.50. The van der Waals surface area contributed by atoms with E-state index in [-0.39, 0.29) is 0 Å². The summed E-state index contributed by atoms with van der Waals surface area (Å²) in [5.74, 6) is 0.839. The van der Waals surface area contributed by atoms with Gasteiger partial charge in [0.05, 0.1) is 0 Å². The van der Waals surface area contributed by atoms with Crippen LogP contribution in [0.2, 0.25) is 0 Å². The van der Waals surface area contributed by atoms with Crippen molar-refractivity contribution in [3.63, 3.8) is 0 Å². The summed E-state index contributed by atoms with van der Waals surface area (Å²) in [6.07, 6.45) is 8.49. The van der Waals surface area contributed by atoms with Crippen molar-refractivity contribution < 1.29 is 0 Å². The summed E-state index contributed by atoms with van der Waals surface area (Å²) >= 11 is 0. The lowest BCUT2D eigenvalue weighted by Crippen LogP contribution is -2.23. The highest BCUT2D eigenvalue weighted by atomic mass is 14.9. The number of rotatable bonds is 4. The lowest BCUT2D eigenvalue weighted by molar-refractivity contribution is 0.440. The van der Waals surface area contributed by atoms with Gasteiger partial charge in [-0.05, 0) is 56.7 Å². The number of hydrogen-bond acceptors (Lipinski definition) is 1. The Balaban J connectivity index is 1.79. The molecule has 0 aliphatic heterocycles. The average molecular weight is 229 g/mol. The summed E-state index contributed by atoms with van der Waals surface area (Å²) in [5.41, 5.74) is 4.19. The number of aryl methyl sites for hydroxylation is 2. The molecule has 0 aromatic heterocycles. The molecule has 1 aliphatic rings. The molecule has 0 radical (unpaired) electrons. The normalized spacial score (nSPS) is 19.5. The van der Waals surface area contributed by atoms with Gasteiger partial charge in [-0.3, -0.25) is 0 Å². The van der Waals surface area contributed by atoms with Gasteiger partial charge in [0.1, 0.15) is 0 Å². The Morgan fingerprint density at radius 1 is 1.24 bits per heavy atom. The maximum absolute atomic E-state index is 3.60. The third-order valence-corrected chi connectivity index (χ3v) is 3.62. The van der Waals surface area contributed by atoms with E-state index in [2.05, 4.69) is 49.5 Å². The van der Waals surface area contributed by atoms with Gasteiger partial charge in [-0.25, -0.2) is 0 Å². The standard InChI is InChI=1S/C16H23N/c1-13-8-9-16(14(2)10-13)12-17-11-15-6-4-3-5-7-15/h3-4,8-10,15,17H,5-7,11-12H2,1-2H3. The molecular weight excluding hydrogens is 206 g/mol. The second-order valence-corrected chi connectivity index (χ2v) is 5.21. The van der Waals surface area contributed by atoms with Crippen molar-refractivity contribution in [3.05, 3.63) is 47.0 Å². The molecule has 0 bridgehead atoms. The van der Waals surface area contributed by atoms with E-state index >= 15 is 0 Å². The minimum atomic E-state index is 0.839. The predicted molar refractivity (Wildman–Crippen MR) is 74.1 cm³/mol. The molecule has 1 atom stereocenters. The monoisotopic (exact) mass is 229 g/mol. The van der Waals surface area contributed by atoms with E-state index < -0.39 is 0 Å². The van der Waals surface area contributed by atoms with Gasteiger partial charge in [0.2, 0.25) is 0 Å². The topological polar surface area (TPSA) is 12.0 Å². The van der Waals surface area contributed by atoms with Gasteiger partial charge < -0.3 is 5.32 Å². The SMILES string of the molecule is Cc1ccc(CNCC2CC=CCC2)c(C)c1. The van der Waals surface area contributed by atoms with Crippen LogP contribution in [-0.4, -0.2) is 6.54 Å². The number of nitrogens with one attached hydrogen (secondary N) is 1. The van der Waals surface area contributed by atoms with Crippen LogP contribution in [0.15, 0.2) is 30.4 Å². The molecule has 92 valence electrons. The molecule has 0 saturated heterocycles. The van der Waals surface area contributed by atoms with Crippen LogP contribution in [0, 0.1) is 19.8 Å². The molecule has 1 heteroatoms. The molecule has 1 aliphatic carbocycles. The average Bonchev–Trinajstić information content (AvgIpc) is 2.33. The molecule has 17 heavy (non-hydrogen) atoms. The predicted octanol–water partition coefficient (Wildman–Crippen LogP) is 3.75. The van der Waals surface area contributed by atoms with Gasteiger partial charge in [0.15, 0.2) is 0 Å². The summed E-state index contributed by atoms with van der Waals surface area (Å²) in [6, 6.07) is 6.71. The van der Waals surface area contributed by atoms with Crippen LogP contribution in [0.4, 0.5) is 0 Å². The molecule has 1 unspecified atom stereocenters. The lowest BCUT2D eigenvalue weighted by atomic mass is 9.94. The second-order valence-electron chi connectivity index (χ2n) is 5.21. The summed E-state index contributed by atoms with van der Waals surface area (Å²) < 4.78 is 0. The third-order valence-electron chi connectivity index (χ3n) is 3.62. The van der Waals surface area contributed by atoms with Crippen LogP contribution in [-0.2, 0) is 6.54 Å². The molecule has 1 N–H and O–H groups in total. The quantitative estimate of drug-likeness (QED) is 0.775. The Kier molecular flexibility index (Phi) is 4.38. The van der Waals surface area contributed by atoms with Crippen molar-refractivity contribution in [2.75, 3.05) is 6.54 Å². The molecule has 1 nitrogen and oxygen atoms in total. The molecule has 0 amide bonds. The van der Waals surface area contributed by atoms with Crippen LogP contribution < -0.4 is 5.32 Å². The van der Waals surface area contributed by atoms with E-state index in [4.69, 9.17) is 0 Å². The van der Waals surface area contributed by atoms with Crippen LogP contribution in [0.25, 0.3) is 0 Å². The van der Waals surface area contributed by atoms with Crippen molar-refractivity contribution in [1.82, 2.24) is 5.32 Å². The van der Waals surface area contributed by atoms with Crippen LogP contribution in [0.5, 0.6) is 0 Å². The highest BCUT2D eigenvalue weighted by Crippen LogP contribution is 2.17. The summed E-state index contributed by atoms with van der Waals surface area (Å²) in [5, 5.41) is 3.60. The maximum Gasteiger partial charge on any atom is 0.0208 e. The Bertz CT molecular complexity index is 393. The Hall–Kier alpha value is -1.08. The third kappa shape index (κ3) is 3.71. The van der Waals surface area contributed by atoms with Crippen LogP contribution >= 0.6 is 0 Å². The zero-order valence-corrected chi connectivity index (χ0v) is 11.0. The highest BCUT2D eigenvalue weighted by Gasteiger charge is 2.09. The van der Waals surface area contributed by atoms with E-state index in [0.717, 1.165) is 19.0 Å². The molecule has 1 aromatic carbocycles. The highest BCUT2D eigenvalue weighted by molar-refractivity contribution is 5.30. The molecule has 1 aromatic rings.